The average Bonchev–Trinajstić information content (AvgIpc) is 3.08. The van der Waals surface area contributed by atoms with Gasteiger partial charge in [-0.05, 0) is 25.5 Å². The van der Waals surface area contributed by atoms with Crippen molar-refractivity contribution >= 4 is 22.9 Å². The molecular formula is C21H26N6O3. The molecule has 0 bridgehead atoms. The number of aromatic amines is 1. The molecule has 1 amide bonds. The van der Waals surface area contributed by atoms with E-state index in [1.807, 2.05) is 47.7 Å². The molecule has 4 rings (SSSR count). The summed E-state index contributed by atoms with van der Waals surface area (Å²) in [7, 11) is 1.93. The van der Waals surface area contributed by atoms with Gasteiger partial charge in [-0.15, -0.1) is 0 Å². The zero-order valence-electron chi connectivity index (χ0n) is 17.3. The molecule has 1 saturated heterocycles. The Morgan fingerprint density at radius 3 is 2.73 bits per heavy atom. The van der Waals surface area contributed by atoms with Crippen LogP contribution in [0.25, 0.3) is 11.0 Å². The number of hydrogen-bond acceptors (Lipinski definition) is 6. The lowest BCUT2D eigenvalue weighted by Crippen LogP contribution is -2.38. The predicted octanol–water partition coefficient (Wildman–Crippen LogP) is 1.05. The number of imidazole rings is 1. The van der Waals surface area contributed by atoms with Crippen molar-refractivity contribution in [1.29, 1.82) is 0 Å². The van der Waals surface area contributed by atoms with E-state index in [4.69, 9.17) is 4.74 Å². The fourth-order valence-corrected chi connectivity index (χ4v) is 3.67. The number of carbonyl (C=O) groups excluding carboxylic acids is 1. The summed E-state index contributed by atoms with van der Waals surface area (Å²) in [5, 5.41) is 2.90. The van der Waals surface area contributed by atoms with Crippen molar-refractivity contribution in [3.8, 4) is 0 Å². The minimum atomic E-state index is -0.188. The third kappa shape index (κ3) is 4.20. The lowest BCUT2D eigenvalue weighted by molar-refractivity contribution is -0.121. The Kier molecular flexibility index (Phi) is 5.80. The number of para-hydroxylation sites is 2. The number of rotatable bonds is 6. The summed E-state index contributed by atoms with van der Waals surface area (Å²) >= 11 is 0. The van der Waals surface area contributed by atoms with Crippen molar-refractivity contribution in [2.75, 3.05) is 31.2 Å². The van der Waals surface area contributed by atoms with E-state index >= 15 is 0 Å². The maximum atomic E-state index is 12.5. The number of aryl methyl sites for hydroxylation is 2. The second kappa shape index (κ2) is 8.66. The molecule has 3 heterocycles. The van der Waals surface area contributed by atoms with Crippen LogP contribution in [0.4, 0.5) is 5.95 Å². The van der Waals surface area contributed by atoms with Gasteiger partial charge >= 0.3 is 0 Å². The summed E-state index contributed by atoms with van der Waals surface area (Å²) in [6.45, 7) is 4.80. The number of fused-ring (bicyclic) bond motifs is 1. The minimum Gasteiger partial charge on any atom is -0.378 e. The molecule has 2 N–H and O–H groups in total. The fraction of sp³-hybridized carbons (Fsp3) is 0.429. The third-order valence-electron chi connectivity index (χ3n) is 5.45. The first-order valence-corrected chi connectivity index (χ1v) is 10.1. The maximum absolute atomic E-state index is 12.5. The van der Waals surface area contributed by atoms with Gasteiger partial charge in [0.25, 0.3) is 5.56 Å². The summed E-state index contributed by atoms with van der Waals surface area (Å²) in [6.07, 6.45) is 0.554. The van der Waals surface area contributed by atoms with Gasteiger partial charge in [-0.25, -0.2) is 9.97 Å². The summed E-state index contributed by atoms with van der Waals surface area (Å²) < 4.78 is 7.31. The van der Waals surface area contributed by atoms with Gasteiger partial charge in [0.15, 0.2) is 0 Å². The average molecular weight is 410 g/mol. The van der Waals surface area contributed by atoms with Gasteiger partial charge in [0.2, 0.25) is 11.9 Å². The van der Waals surface area contributed by atoms with Crippen LogP contribution >= 0.6 is 0 Å². The van der Waals surface area contributed by atoms with Crippen LogP contribution in [-0.2, 0) is 29.5 Å². The molecule has 30 heavy (non-hydrogen) atoms. The molecule has 3 aromatic rings. The number of morpholine rings is 1. The minimum absolute atomic E-state index is 0.127. The lowest BCUT2D eigenvalue weighted by Gasteiger charge is -2.27. The van der Waals surface area contributed by atoms with E-state index in [9.17, 15) is 9.59 Å². The van der Waals surface area contributed by atoms with Crippen molar-refractivity contribution < 1.29 is 9.53 Å². The largest absolute Gasteiger partial charge is 0.378 e. The first-order chi connectivity index (χ1) is 14.5. The van der Waals surface area contributed by atoms with Gasteiger partial charge < -0.3 is 19.5 Å². The first-order valence-electron chi connectivity index (χ1n) is 10.1. The zero-order chi connectivity index (χ0) is 21.1. The molecule has 0 unspecified atom stereocenters. The molecule has 2 aromatic heterocycles. The van der Waals surface area contributed by atoms with E-state index < -0.39 is 0 Å². The molecule has 0 atom stereocenters. The number of nitrogens with zero attached hydrogens (tertiary/aromatic N) is 4. The molecule has 158 valence electrons. The zero-order valence-corrected chi connectivity index (χ0v) is 17.3. The fourth-order valence-electron chi connectivity index (χ4n) is 3.67. The molecule has 0 aliphatic carbocycles. The van der Waals surface area contributed by atoms with Crippen LogP contribution in [0.1, 0.15) is 23.5 Å². The Labute approximate surface area is 174 Å². The number of aromatic nitrogens is 4. The van der Waals surface area contributed by atoms with Crippen LogP contribution in [0, 0.1) is 6.92 Å². The van der Waals surface area contributed by atoms with Gasteiger partial charge in [0, 0.05) is 37.8 Å². The van der Waals surface area contributed by atoms with Gasteiger partial charge in [-0.2, -0.15) is 0 Å². The number of nitrogens with one attached hydrogen (secondary N) is 2. The Balaban J connectivity index is 1.36. The summed E-state index contributed by atoms with van der Waals surface area (Å²) in [5.74, 6) is 1.23. The predicted molar refractivity (Wildman–Crippen MR) is 114 cm³/mol. The molecule has 0 spiro atoms. The smallest absolute Gasteiger partial charge is 0.255 e. The van der Waals surface area contributed by atoms with Crippen LogP contribution in [0.5, 0.6) is 0 Å². The van der Waals surface area contributed by atoms with Crippen LogP contribution in [0.3, 0.4) is 0 Å². The quantitative estimate of drug-likeness (QED) is 0.629. The van der Waals surface area contributed by atoms with Gasteiger partial charge in [0.05, 0.1) is 30.8 Å². The standard InChI is InChI=1S/C21H26N6O3/c1-14-15(20(29)25-21(23-14)27-9-11-30-12-10-27)7-8-19(28)22-13-18-24-16-5-3-4-6-17(16)26(18)2/h3-6H,7-13H2,1-2H3,(H,22,28)(H,23,25,29). The van der Waals surface area contributed by atoms with Crippen molar-refractivity contribution in [2.45, 2.75) is 26.3 Å². The number of amides is 1. The Morgan fingerprint density at radius 2 is 2.00 bits per heavy atom. The highest BCUT2D eigenvalue weighted by Gasteiger charge is 2.17. The van der Waals surface area contributed by atoms with Crippen LogP contribution in [-0.4, -0.2) is 51.7 Å². The highest BCUT2D eigenvalue weighted by atomic mass is 16.5. The third-order valence-corrected chi connectivity index (χ3v) is 5.45. The van der Waals surface area contributed by atoms with Gasteiger partial charge in [0.1, 0.15) is 5.82 Å². The highest BCUT2D eigenvalue weighted by molar-refractivity contribution is 5.77. The summed E-state index contributed by atoms with van der Waals surface area (Å²) in [6, 6.07) is 7.85. The Hall–Kier alpha value is -3.20. The second-order valence-electron chi connectivity index (χ2n) is 7.41. The van der Waals surface area contributed by atoms with Crippen molar-refractivity contribution in [1.82, 2.24) is 24.8 Å². The first kappa shape index (κ1) is 20.1. The van der Waals surface area contributed by atoms with Crippen LogP contribution in [0.15, 0.2) is 29.1 Å². The van der Waals surface area contributed by atoms with Gasteiger partial charge in [-0.1, -0.05) is 12.1 Å². The maximum Gasteiger partial charge on any atom is 0.255 e. The van der Waals surface area contributed by atoms with Crippen molar-refractivity contribution in [3.05, 3.63) is 51.7 Å². The molecule has 1 aromatic carbocycles. The van der Waals surface area contributed by atoms with Crippen molar-refractivity contribution in [3.63, 3.8) is 0 Å². The molecule has 1 aliphatic heterocycles. The number of H-pyrrole nitrogens is 1. The van der Waals surface area contributed by atoms with E-state index in [-0.39, 0.29) is 17.9 Å². The monoisotopic (exact) mass is 410 g/mol. The Morgan fingerprint density at radius 1 is 1.23 bits per heavy atom. The molecule has 1 fully saturated rings. The summed E-state index contributed by atoms with van der Waals surface area (Å²) in [5.41, 5.74) is 2.94. The number of anilines is 1. The van der Waals surface area contributed by atoms with Crippen LogP contribution in [0.2, 0.25) is 0 Å². The number of ether oxygens (including phenoxy) is 1. The highest BCUT2D eigenvalue weighted by Crippen LogP contribution is 2.14. The van der Waals surface area contributed by atoms with E-state index in [0.717, 1.165) is 16.9 Å². The van der Waals surface area contributed by atoms with E-state index in [1.54, 1.807) is 0 Å². The molecular weight excluding hydrogens is 384 g/mol. The van der Waals surface area contributed by atoms with E-state index in [2.05, 4.69) is 20.3 Å². The number of hydrogen-bond donors (Lipinski definition) is 2. The Bertz CT molecular complexity index is 1110. The molecule has 9 heteroatoms. The molecule has 0 radical (unpaired) electrons. The SMILES string of the molecule is Cc1nc(N2CCOCC2)[nH]c(=O)c1CCC(=O)NCc1nc2ccccc2n1C. The molecule has 1 aliphatic rings. The summed E-state index contributed by atoms with van der Waals surface area (Å²) in [4.78, 5) is 38.8. The normalized spacial score (nSPS) is 14.3. The van der Waals surface area contributed by atoms with E-state index in [1.165, 1.54) is 0 Å². The number of carbonyl (C=O) groups is 1. The van der Waals surface area contributed by atoms with Crippen molar-refractivity contribution in [2.24, 2.45) is 7.05 Å². The lowest BCUT2D eigenvalue weighted by atomic mass is 10.1. The molecule has 9 nitrogen and oxygen atoms in total. The van der Waals surface area contributed by atoms with Gasteiger partial charge in [-0.3, -0.25) is 14.6 Å². The van der Waals surface area contributed by atoms with Crippen LogP contribution < -0.4 is 15.8 Å². The molecule has 0 saturated carbocycles. The number of benzene rings is 1. The second-order valence-corrected chi connectivity index (χ2v) is 7.41. The van der Waals surface area contributed by atoms with E-state index in [0.29, 0.717) is 56.5 Å². The topological polar surface area (TPSA) is 105 Å².